The normalized spacial score (nSPS) is 15.5. The number of hydrogen-bond acceptors (Lipinski definition) is 3. The number of hydrogen-bond donors (Lipinski definition) is 0. The molecule has 4 heteroatoms. The van der Waals surface area contributed by atoms with Gasteiger partial charge < -0.3 is 4.90 Å². The van der Waals surface area contributed by atoms with Gasteiger partial charge in [0.05, 0.1) is 0 Å². The van der Waals surface area contributed by atoms with Gasteiger partial charge in [-0.2, -0.15) is 0 Å². The monoisotopic (exact) mass is 340 g/mol. The maximum absolute atomic E-state index is 12.6. The highest BCUT2D eigenvalue weighted by molar-refractivity contribution is 7.98. The highest BCUT2D eigenvalue weighted by Gasteiger charge is 2.21. The number of amides is 1. The van der Waals surface area contributed by atoms with E-state index in [0.717, 1.165) is 44.7 Å². The molecule has 0 atom stereocenters. The topological polar surface area (TPSA) is 23.6 Å². The summed E-state index contributed by atoms with van der Waals surface area (Å²) >= 11 is 1.70. The number of thioether (sulfide) groups is 1. The van der Waals surface area contributed by atoms with E-state index < -0.39 is 0 Å². The molecule has 0 unspecified atom stereocenters. The van der Waals surface area contributed by atoms with Gasteiger partial charge in [-0.25, -0.2) is 0 Å². The fraction of sp³-hybridized carbons (Fsp3) is 0.350. The van der Waals surface area contributed by atoms with Gasteiger partial charge >= 0.3 is 0 Å². The molecule has 0 aromatic heterocycles. The Kier molecular flexibility index (Phi) is 5.94. The van der Waals surface area contributed by atoms with Crippen LogP contribution in [0.25, 0.3) is 0 Å². The average molecular weight is 340 g/mol. The zero-order chi connectivity index (χ0) is 16.8. The number of benzene rings is 2. The lowest BCUT2D eigenvalue weighted by molar-refractivity contribution is 0.0638. The highest BCUT2D eigenvalue weighted by Crippen LogP contribution is 2.16. The van der Waals surface area contributed by atoms with Crippen LogP contribution >= 0.6 is 11.8 Å². The van der Waals surface area contributed by atoms with Crippen LogP contribution in [0.4, 0.5) is 0 Å². The molecule has 1 amide bonds. The number of carbonyl (C=O) groups is 1. The maximum atomic E-state index is 12.6. The molecule has 126 valence electrons. The quantitative estimate of drug-likeness (QED) is 0.779. The fourth-order valence-corrected chi connectivity index (χ4v) is 3.43. The summed E-state index contributed by atoms with van der Waals surface area (Å²) in [6.45, 7) is 4.62. The summed E-state index contributed by atoms with van der Waals surface area (Å²) in [6.07, 6.45) is 3.12. The van der Waals surface area contributed by atoms with Gasteiger partial charge in [0.1, 0.15) is 0 Å². The maximum Gasteiger partial charge on any atom is 0.253 e. The third-order valence-electron chi connectivity index (χ3n) is 4.56. The summed E-state index contributed by atoms with van der Waals surface area (Å²) in [5.41, 5.74) is 2.18. The summed E-state index contributed by atoms with van der Waals surface area (Å²) in [6, 6.07) is 18.5. The molecule has 1 heterocycles. The largest absolute Gasteiger partial charge is 0.336 e. The first-order valence-corrected chi connectivity index (χ1v) is 9.68. The second-order valence-electron chi connectivity index (χ2n) is 6.10. The van der Waals surface area contributed by atoms with E-state index in [1.165, 1.54) is 10.5 Å². The molecule has 0 radical (unpaired) electrons. The molecule has 1 fully saturated rings. The molecular formula is C20H24N2OS. The van der Waals surface area contributed by atoms with Gasteiger partial charge in [0.2, 0.25) is 0 Å². The molecule has 2 aromatic rings. The van der Waals surface area contributed by atoms with E-state index in [1.54, 1.807) is 11.8 Å². The highest BCUT2D eigenvalue weighted by atomic mass is 32.2. The summed E-state index contributed by atoms with van der Waals surface area (Å²) < 4.78 is 0. The van der Waals surface area contributed by atoms with E-state index in [4.69, 9.17) is 0 Å². The first kappa shape index (κ1) is 17.1. The van der Waals surface area contributed by atoms with Gasteiger partial charge in [-0.15, -0.1) is 11.8 Å². The van der Waals surface area contributed by atoms with Crippen molar-refractivity contribution in [3.8, 4) is 0 Å². The molecule has 2 aromatic carbocycles. The Morgan fingerprint density at radius 3 is 2.25 bits per heavy atom. The first-order valence-electron chi connectivity index (χ1n) is 8.46. The minimum absolute atomic E-state index is 0.158. The third-order valence-corrected chi connectivity index (χ3v) is 5.30. The van der Waals surface area contributed by atoms with E-state index >= 15 is 0 Å². The Balaban J connectivity index is 1.48. The summed E-state index contributed by atoms with van der Waals surface area (Å²) in [4.78, 5) is 18.2. The average Bonchev–Trinajstić information content (AvgIpc) is 2.67. The van der Waals surface area contributed by atoms with Crippen molar-refractivity contribution in [2.45, 2.75) is 11.3 Å². The fourth-order valence-electron chi connectivity index (χ4n) is 3.02. The Hall–Kier alpha value is -1.78. The number of rotatable bonds is 5. The lowest BCUT2D eigenvalue weighted by Gasteiger charge is -2.34. The van der Waals surface area contributed by atoms with E-state index in [2.05, 4.69) is 35.2 Å². The van der Waals surface area contributed by atoms with E-state index in [9.17, 15) is 4.79 Å². The molecular weight excluding hydrogens is 316 g/mol. The van der Waals surface area contributed by atoms with Gasteiger partial charge in [-0.3, -0.25) is 9.69 Å². The molecule has 0 spiro atoms. The van der Waals surface area contributed by atoms with E-state index in [1.807, 2.05) is 35.4 Å². The van der Waals surface area contributed by atoms with Crippen LogP contribution in [0.3, 0.4) is 0 Å². The van der Waals surface area contributed by atoms with Crippen LogP contribution in [-0.4, -0.2) is 54.7 Å². The van der Waals surface area contributed by atoms with Crippen molar-refractivity contribution in [1.82, 2.24) is 9.80 Å². The van der Waals surface area contributed by atoms with Crippen molar-refractivity contribution in [3.05, 3.63) is 65.7 Å². The predicted octanol–water partition coefficient (Wildman–Crippen LogP) is 3.41. The van der Waals surface area contributed by atoms with Crippen LogP contribution in [0.15, 0.2) is 59.5 Å². The lowest BCUT2D eigenvalue weighted by atomic mass is 10.1. The Labute approximate surface area is 148 Å². The van der Waals surface area contributed by atoms with Gasteiger partial charge in [-0.05, 0) is 42.5 Å². The SMILES string of the molecule is CSc1ccc(C(=O)N2CCN(CCc3ccccc3)CC2)cc1. The second kappa shape index (κ2) is 8.36. The molecule has 0 bridgehead atoms. The van der Waals surface area contributed by atoms with Crippen molar-refractivity contribution >= 4 is 17.7 Å². The van der Waals surface area contributed by atoms with Crippen LogP contribution in [0.2, 0.25) is 0 Å². The van der Waals surface area contributed by atoms with E-state index in [-0.39, 0.29) is 5.91 Å². The second-order valence-corrected chi connectivity index (χ2v) is 6.98. The third kappa shape index (κ3) is 4.40. The first-order chi connectivity index (χ1) is 11.8. The van der Waals surface area contributed by atoms with Crippen molar-refractivity contribution in [2.24, 2.45) is 0 Å². The van der Waals surface area contributed by atoms with Crippen LogP contribution in [0.5, 0.6) is 0 Å². The lowest BCUT2D eigenvalue weighted by Crippen LogP contribution is -2.49. The molecule has 3 nitrogen and oxygen atoms in total. The van der Waals surface area contributed by atoms with Crippen molar-refractivity contribution in [2.75, 3.05) is 39.0 Å². The molecule has 0 N–H and O–H groups in total. The molecule has 24 heavy (non-hydrogen) atoms. The summed E-state index contributed by atoms with van der Waals surface area (Å²) in [7, 11) is 0. The van der Waals surface area contributed by atoms with Crippen LogP contribution < -0.4 is 0 Å². The number of carbonyl (C=O) groups excluding carboxylic acids is 1. The van der Waals surface area contributed by atoms with Crippen molar-refractivity contribution < 1.29 is 4.79 Å². The molecule has 3 rings (SSSR count). The Morgan fingerprint density at radius 1 is 0.958 bits per heavy atom. The minimum atomic E-state index is 0.158. The smallest absolute Gasteiger partial charge is 0.253 e. The van der Waals surface area contributed by atoms with Gasteiger partial charge in [0.15, 0.2) is 0 Å². The molecule has 1 saturated heterocycles. The zero-order valence-electron chi connectivity index (χ0n) is 14.1. The predicted molar refractivity (Wildman–Crippen MR) is 101 cm³/mol. The molecule has 0 aliphatic carbocycles. The van der Waals surface area contributed by atoms with Crippen LogP contribution in [0.1, 0.15) is 15.9 Å². The van der Waals surface area contributed by atoms with Crippen molar-refractivity contribution in [3.63, 3.8) is 0 Å². The number of nitrogens with zero attached hydrogens (tertiary/aromatic N) is 2. The molecule has 1 aliphatic rings. The van der Waals surface area contributed by atoms with Crippen molar-refractivity contribution in [1.29, 1.82) is 0 Å². The van der Waals surface area contributed by atoms with E-state index in [0.29, 0.717) is 0 Å². The van der Waals surface area contributed by atoms with Crippen LogP contribution in [0, 0.1) is 0 Å². The van der Waals surface area contributed by atoms with Gasteiger partial charge in [0.25, 0.3) is 5.91 Å². The Bertz CT molecular complexity index is 649. The van der Waals surface area contributed by atoms with Crippen LogP contribution in [-0.2, 0) is 6.42 Å². The number of piperazine rings is 1. The summed E-state index contributed by atoms with van der Waals surface area (Å²) in [5, 5.41) is 0. The molecule has 0 saturated carbocycles. The molecule has 1 aliphatic heterocycles. The van der Waals surface area contributed by atoms with Gasteiger partial charge in [-0.1, -0.05) is 30.3 Å². The minimum Gasteiger partial charge on any atom is -0.336 e. The Morgan fingerprint density at radius 2 is 1.62 bits per heavy atom. The van der Waals surface area contributed by atoms with Gasteiger partial charge in [0, 0.05) is 43.2 Å². The summed E-state index contributed by atoms with van der Waals surface area (Å²) in [5.74, 6) is 0.158. The standard InChI is InChI=1S/C20H24N2OS/c1-24-19-9-7-18(8-10-19)20(23)22-15-13-21(14-16-22)12-11-17-5-3-2-4-6-17/h2-10H,11-16H2,1H3. The zero-order valence-corrected chi connectivity index (χ0v) is 15.0.